The zero-order valence-corrected chi connectivity index (χ0v) is 22.1. The summed E-state index contributed by atoms with van der Waals surface area (Å²) in [6.07, 6.45) is 14.2. The summed E-state index contributed by atoms with van der Waals surface area (Å²) in [6.45, 7) is 21.3. The molecule has 2 heteroatoms. The molecule has 2 nitrogen and oxygen atoms in total. The lowest BCUT2D eigenvalue weighted by atomic mass is 9.32. The van der Waals surface area contributed by atoms with Gasteiger partial charge in [-0.25, -0.2) is 0 Å². The predicted molar refractivity (Wildman–Crippen MR) is 137 cm³/mol. The van der Waals surface area contributed by atoms with E-state index < -0.39 is 0 Å². The standard InChI is InChI=1S/C31H50O2/c1-8-31-16-11-21(20(2)3)26(31)22-9-10-24-27(4)14-13-25(33)28(5,19-32)23(27)12-15-30(24,7)29(22,6)17-18-31/h8,21-26,32-33H,1-2,9-19H2,3-7H3/t21-,22?,23+,24+,25-,26+,27-,28-,29+,30+,31+/m0/s1. The van der Waals surface area contributed by atoms with Gasteiger partial charge in [-0.05, 0) is 122 Å². The Hall–Kier alpha value is -0.600. The molecule has 0 aromatic carbocycles. The molecule has 1 unspecified atom stereocenters. The number of hydrogen-bond donors (Lipinski definition) is 2. The van der Waals surface area contributed by atoms with E-state index in [9.17, 15) is 10.2 Å². The Morgan fingerprint density at radius 3 is 2.24 bits per heavy atom. The van der Waals surface area contributed by atoms with Crippen LogP contribution < -0.4 is 0 Å². The van der Waals surface area contributed by atoms with Crippen molar-refractivity contribution >= 4 is 0 Å². The molecule has 0 bridgehead atoms. The van der Waals surface area contributed by atoms with Crippen molar-refractivity contribution in [3.63, 3.8) is 0 Å². The molecule has 2 N–H and O–H groups in total. The van der Waals surface area contributed by atoms with Crippen LogP contribution in [-0.4, -0.2) is 22.9 Å². The smallest absolute Gasteiger partial charge is 0.0618 e. The lowest BCUT2D eigenvalue weighted by Gasteiger charge is -2.73. The molecule has 0 aromatic rings. The van der Waals surface area contributed by atoms with E-state index in [4.69, 9.17) is 0 Å². The van der Waals surface area contributed by atoms with E-state index in [0.29, 0.717) is 39.9 Å². The number of hydrogen-bond acceptors (Lipinski definition) is 2. The van der Waals surface area contributed by atoms with E-state index in [1.165, 1.54) is 50.5 Å². The fraction of sp³-hybridized carbons (Fsp3) is 0.871. The van der Waals surface area contributed by atoms with Crippen LogP contribution in [0.25, 0.3) is 0 Å². The van der Waals surface area contributed by atoms with E-state index >= 15 is 0 Å². The maximum absolute atomic E-state index is 10.9. The second-order valence-electron chi connectivity index (χ2n) is 14.3. The van der Waals surface area contributed by atoms with E-state index in [-0.39, 0.29) is 23.5 Å². The zero-order chi connectivity index (χ0) is 24.0. The van der Waals surface area contributed by atoms with E-state index in [2.05, 4.69) is 53.9 Å². The Balaban J connectivity index is 1.55. The van der Waals surface area contributed by atoms with Crippen LogP contribution in [0, 0.1) is 56.7 Å². The Bertz CT molecular complexity index is 833. The van der Waals surface area contributed by atoms with Crippen molar-refractivity contribution in [3.05, 3.63) is 24.8 Å². The number of allylic oxidation sites excluding steroid dienone is 2. The van der Waals surface area contributed by atoms with Crippen LogP contribution >= 0.6 is 0 Å². The van der Waals surface area contributed by atoms with Crippen LogP contribution in [0.3, 0.4) is 0 Å². The molecule has 33 heavy (non-hydrogen) atoms. The van der Waals surface area contributed by atoms with Crippen LogP contribution in [0.2, 0.25) is 0 Å². The fourth-order valence-electron chi connectivity index (χ4n) is 11.6. The first-order valence-corrected chi connectivity index (χ1v) is 14.0. The second kappa shape index (κ2) is 7.45. The summed E-state index contributed by atoms with van der Waals surface area (Å²) in [7, 11) is 0. The summed E-state index contributed by atoms with van der Waals surface area (Å²) in [4.78, 5) is 0. The molecule has 0 aliphatic heterocycles. The summed E-state index contributed by atoms with van der Waals surface area (Å²) in [5.74, 6) is 3.23. The molecule has 0 radical (unpaired) electrons. The van der Waals surface area contributed by atoms with Gasteiger partial charge in [-0.3, -0.25) is 0 Å². The molecule has 5 aliphatic rings. The van der Waals surface area contributed by atoms with Gasteiger partial charge in [0, 0.05) is 5.41 Å². The third-order valence-electron chi connectivity index (χ3n) is 13.7. The van der Waals surface area contributed by atoms with Crippen molar-refractivity contribution in [1.82, 2.24) is 0 Å². The van der Waals surface area contributed by atoms with Crippen molar-refractivity contribution in [2.24, 2.45) is 56.7 Å². The predicted octanol–water partition coefficient (Wildman–Crippen LogP) is 7.16. The largest absolute Gasteiger partial charge is 0.396 e. The minimum absolute atomic E-state index is 0.113. The minimum Gasteiger partial charge on any atom is -0.396 e. The summed E-state index contributed by atoms with van der Waals surface area (Å²) in [5, 5.41) is 21.4. The molecular formula is C31H50O2. The van der Waals surface area contributed by atoms with E-state index in [1.54, 1.807) is 0 Å². The minimum atomic E-state index is -0.366. The van der Waals surface area contributed by atoms with Crippen LogP contribution in [0.4, 0.5) is 0 Å². The highest BCUT2D eigenvalue weighted by molar-refractivity contribution is 5.24. The number of aliphatic hydroxyl groups is 2. The number of fused-ring (bicyclic) bond motifs is 7. The number of rotatable bonds is 3. The zero-order valence-electron chi connectivity index (χ0n) is 22.1. The molecule has 0 aromatic heterocycles. The van der Waals surface area contributed by atoms with Gasteiger partial charge in [-0.1, -0.05) is 45.9 Å². The van der Waals surface area contributed by atoms with Gasteiger partial charge in [-0.15, -0.1) is 6.58 Å². The summed E-state index contributed by atoms with van der Waals surface area (Å²) >= 11 is 0. The number of aliphatic hydroxyl groups excluding tert-OH is 2. The highest BCUT2D eigenvalue weighted by Crippen LogP contribution is 2.77. The topological polar surface area (TPSA) is 40.5 Å². The lowest BCUT2D eigenvalue weighted by Crippen LogP contribution is -2.67. The average Bonchev–Trinajstić information content (AvgIpc) is 3.17. The van der Waals surface area contributed by atoms with E-state index in [1.807, 2.05) is 0 Å². The molecule has 186 valence electrons. The molecule has 5 rings (SSSR count). The molecule has 0 heterocycles. The quantitative estimate of drug-likeness (QED) is 0.444. The molecule has 5 saturated carbocycles. The highest BCUT2D eigenvalue weighted by atomic mass is 16.3. The summed E-state index contributed by atoms with van der Waals surface area (Å²) in [6, 6.07) is 0. The second-order valence-corrected chi connectivity index (χ2v) is 14.3. The van der Waals surface area contributed by atoms with Gasteiger partial charge < -0.3 is 10.2 Å². The highest BCUT2D eigenvalue weighted by Gasteiger charge is 2.70. The van der Waals surface area contributed by atoms with Gasteiger partial charge in [0.25, 0.3) is 0 Å². The first kappa shape index (κ1) is 24.1. The van der Waals surface area contributed by atoms with Gasteiger partial charge in [-0.2, -0.15) is 0 Å². The maximum Gasteiger partial charge on any atom is 0.0618 e. The van der Waals surface area contributed by atoms with Crippen molar-refractivity contribution in [3.8, 4) is 0 Å². The van der Waals surface area contributed by atoms with Crippen molar-refractivity contribution < 1.29 is 10.2 Å². The van der Waals surface area contributed by atoms with Gasteiger partial charge in [0.1, 0.15) is 0 Å². The summed E-state index contributed by atoms with van der Waals surface area (Å²) in [5.41, 5.74) is 2.26. The van der Waals surface area contributed by atoms with Crippen molar-refractivity contribution in [2.45, 2.75) is 105 Å². The third-order valence-corrected chi connectivity index (χ3v) is 13.7. The molecular weight excluding hydrogens is 404 g/mol. The van der Waals surface area contributed by atoms with Gasteiger partial charge in [0.15, 0.2) is 0 Å². The Labute approximate surface area is 203 Å². The normalized spacial score (nSPS) is 57.9. The fourth-order valence-corrected chi connectivity index (χ4v) is 11.6. The third kappa shape index (κ3) is 2.80. The SMILES string of the molecule is C=C[C@]12CC[C@@H](C(=C)C)[C@@H]1C1CC[C@@H]3[C@@]4(C)CC[C@H](O)[C@@](C)(CO)[C@@H]4CC[C@@]3(C)[C@]1(C)CC2. The maximum atomic E-state index is 10.9. The lowest BCUT2D eigenvalue weighted by molar-refractivity contribution is -0.251. The molecule has 0 amide bonds. The van der Waals surface area contributed by atoms with Crippen LogP contribution in [-0.2, 0) is 0 Å². The van der Waals surface area contributed by atoms with Gasteiger partial charge >= 0.3 is 0 Å². The molecule has 0 spiro atoms. The van der Waals surface area contributed by atoms with Gasteiger partial charge in [0.05, 0.1) is 12.7 Å². The van der Waals surface area contributed by atoms with Crippen molar-refractivity contribution in [2.75, 3.05) is 6.61 Å². The Morgan fingerprint density at radius 1 is 0.879 bits per heavy atom. The van der Waals surface area contributed by atoms with E-state index in [0.717, 1.165) is 25.2 Å². The molecule has 5 aliphatic carbocycles. The molecule has 11 atom stereocenters. The van der Waals surface area contributed by atoms with Crippen LogP contribution in [0.15, 0.2) is 24.8 Å². The average molecular weight is 455 g/mol. The first-order chi connectivity index (χ1) is 15.4. The summed E-state index contributed by atoms with van der Waals surface area (Å²) < 4.78 is 0. The first-order valence-electron chi connectivity index (χ1n) is 14.0. The monoisotopic (exact) mass is 454 g/mol. The molecule has 0 saturated heterocycles. The Kier molecular flexibility index (Phi) is 5.44. The van der Waals surface area contributed by atoms with Crippen molar-refractivity contribution in [1.29, 1.82) is 0 Å². The molecule has 5 fully saturated rings. The van der Waals surface area contributed by atoms with Crippen LogP contribution in [0.1, 0.15) is 98.8 Å². The van der Waals surface area contributed by atoms with Crippen LogP contribution in [0.5, 0.6) is 0 Å². The van der Waals surface area contributed by atoms with Gasteiger partial charge in [0.2, 0.25) is 0 Å². The Morgan fingerprint density at radius 2 is 1.61 bits per heavy atom.